The molecule has 1 heterocycles. The smallest absolute Gasteiger partial charge is 0.225 e. The van der Waals surface area contributed by atoms with Crippen LogP contribution in [0.4, 0.5) is 0 Å². The molecule has 1 saturated carbocycles. The zero-order chi connectivity index (χ0) is 16.7. The molecule has 2 rings (SSSR count). The van der Waals surface area contributed by atoms with Crippen molar-refractivity contribution in [2.45, 2.75) is 46.1 Å². The summed E-state index contributed by atoms with van der Waals surface area (Å²) in [5.41, 5.74) is 1.05. The van der Waals surface area contributed by atoms with Gasteiger partial charge in [0.15, 0.2) is 0 Å². The highest BCUT2D eigenvalue weighted by molar-refractivity contribution is 5.81. The number of nitrogens with zero attached hydrogens (tertiary/aromatic N) is 2. The van der Waals surface area contributed by atoms with E-state index in [0.717, 1.165) is 44.3 Å². The molecule has 1 aromatic heterocycles. The number of carbonyl (C=O) groups is 2. The normalized spacial score (nSPS) is 20.8. The molecule has 0 aliphatic heterocycles. The molecule has 1 fully saturated rings. The van der Waals surface area contributed by atoms with Gasteiger partial charge in [-0.25, -0.2) is 0 Å². The van der Waals surface area contributed by atoms with Crippen LogP contribution in [0.15, 0.2) is 24.5 Å². The van der Waals surface area contributed by atoms with Crippen LogP contribution in [-0.2, 0) is 16.1 Å². The Balaban J connectivity index is 1.77. The van der Waals surface area contributed by atoms with Crippen molar-refractivity contribution < 1.29 is 9.59 Å². The molecule has 2 amide bonds. The van der Waals surface area contributed by atoms with Crippen molar-refractivity contribution in [3.05, 3.63) is 30.1 Å². The fraction of sp³-hybridized carbons (Fsp3) is 0.611. The minimum Gasteiger partial charge on any atom is -0.352 e. The van der Waals surface area contributed by atoms with E-state index in [1.807, 2.05) is 30.9 Å². The van der Waals surface area contributed by atoms with E-state index in [2.05, 4.69) is 10.3 Å². The second-order valence-corrected chi connectivity index (χ2v) is 6.13. The van der Waals surface area contributed by atoms with Gasteiger partial charge in [0, 0.05) is 43.9 Å². The van der Waals surface area contributed by atoms with E-state index >= 15 is 0 Å². The number of carbonyl (C=O) groups excluding carboxylic acids is 2. The molecule has 0 saturated heterocycles. The van der Waals surface area contributed by atoms with Crippen LogP contribution in [0.1, 0.15) is 45.1 Å². The van der Waals surface area contributed by atoms with Gasteiger partial charge in [-0.05, 0) is 57.2 Å². The number of rotatable bonds is 6. The summed E-state index contributed by atoms with van der Waals surface area (Å²) >= 11 is 0. The Labute approximate surface area is 138 Å². The first-order chi connectivity index (χ1) is 11.2. The highest BCUT2D eigenvalue weighted by atomic mass is 16.2. The minimum absolute atomic E-state index is 0.0394. The standard InChI is InChI=1S/C18H27N3O2/c1-3-21(4-2)18(23)16-7-5-15(6-8-16)17(22)20-13-14-9-11-19-12-10-14/h9-12,15-16H,3-8,13H2,1-2H3,(H,20,22). The molecule has 0 spiro atoms. The molecule has 0 radical (unpaired) electrons. The molecule has 0 unspecified atom stereocenters. The highest BCUT2D eigenvalue weighted by Crippen LogP contribution is 2.30. The maximum Gasteiger partial charge on any atom is 0.225 e. The van der Waals surface area contributed by atoms with E-state index in [0.29, 0.717) is 6.54 Å². The fourth-order valence-electron chi connectivity index (χ4n) is 3.23. The van der Waals surface area contributed by atoms with Gasteiger partial charge in [-0.15, -0.1) is 0 Å². The number of amides is 2. The van der Waals surface area contributed by atoms with Gasteiger partial charge in [0.1, 0.15) is 0 Å². The Morgan fingerprint density at radius 2 is 1.65 bits per heavy atom. The lowest BCUT2D eigenvalue weighted by molar-refractivity contribution is -0.138. The van der Waals surface area contributed by atoms with Gasteiger partial charge in [0.25, 0.3) is 0 Å². The second-order valence-electron chi connectivity index (χ2n) is 6.13. The quantitative estimate of drug-likeness (QED) is 0.876. The molecule has 0 aromatic carbocycles. The number of aromatic nitrogens is 1. The second kappa shape index (κ2) is 8.65. The zero-order valence-electron chi connectivity index (χ0n) is 14.1. The van der Waals surface area contributed by atoms with Crippen LogP contribution in [0, 0.1) is 11.8 Å². The number of nitrogens with one attached hydrogen (secondary N) is 1. The summed E-state index contributed by atoms with van der Waals surface area (Å²) in [5.74, 6) is 0.498. The molecule has 1 aliphatic rings. The van der Waals surface area contributed by atoms with E-state index < -0.39 is 0 Å². The van der Waals surface area contributed by atoms with E-state index in [-0.39, 0.29) is 23.7 Å². The van der Waals surface area contributed by atoms with Crippen LogP contribution in [0.5, 0.6) is 0 Å². The number of pyridine rings is 1. The van der Waals surface area contributed by atoms with Crippen molar-refractivity contribution in [1.29, 1.82) is 0 Å². The molecule has 0 bridgehead atoms. The topological polar surface area (TPSA) is 62.3 Å². The molecule has 1 aromatic rings. The molecular weight excluding hydrogens is 290 g/mol. The highest BCUT2D eigenvalue weighted by Gasteiger charge is 2.31. The number of hydrogen-bond acceptors (Lipinski definition) is 3. The Morgan fingerprint density at radius 3 is 2.22 bits per heavy atom. The van der Waals surface area contributed by atoms with Crippen LogP contribution in [0.3, 0.4) is 0 Å². The van der Waals surface area contributed by atoms with E-state index in [9.17, 15) is 9.59 Å². The van der Waals surface area contributed by atoms with Crippen molar-refractivity contribution in [2.24, 2.45) is 11.8 Å². The van der Waals surface area contributed by atoms with E-state index in [4.69, 9.17) is 0 Å². The largest absolute Gasteiger partial charge is 0.352 e. The SMILES string of the molecule is CCN(CC)C(=O)C1CCC(C(=O)NCc2ccncc2)CC1. The third-order valence-electron chi connectivity index (χ3n) is 4.74. The Morgan fingerprint density at radius 1 is 1.09 bits per heavy atom. The summed E-state index contributed by atoms with van der Waals surface area (Å²) in [4.78, 5) is 30.5. The molecular formula is C18H27N3O2. The average Bonchev–Trinajstić information content (AvgIpc) is 2.61. The minimum atomic E-state index is 0.0394. The lowest BCUT2D eigenvalue weighted by atomic mass is 9.81. The van der Waals surface area contributed by atoms with Gasteiger partial charge in [-0.2, -0.15) is 0 Å². The maximum atomic E-state index is 12.4. The lowest BCUT2D eigenvalue weighted by Crippen LogP contribution is -2.39. The molecule has 5 nitrogen and oxygen atoms in total. The van der Waals surface area contributed by atoms with Crippen LogP contribution < -0.4 is 5.32 Å². The van der Waals surface area contributed by atoms with Gasteiger partial charge in [-0.1, -0.05) is 0 Å². The predicted molar refractivity (Wildman–Crippen MR) is 89.5 cm³/mol. The van der Waals surface area contributed by atoms with Crippen LogP contribution in [0.2, 0.25) is 0 Å². The van der Waals surface area contributed by atoms with E-state index in [1.54, 1.807) is 12.4 Å². The first kappa shape index (κ1) is 17.4. The molecule has 23 heavy (non-hydrogen) atoms. The predicted octanol–water partition coefficient (Wildman–Crippen LogP) is 2.37. The van der Waals surface area contributed by atoms with Crippen LogP contribution in [-0.4, -0.2) is 34.8 Å². The summed E-state index contributed by atoms with van der Waals surface area (Å²) in [6.07, 6.45) is 6.71. The summed E-state index contributed by atoms with van der Waals surface area (Å²) in [6, 6.07) is 3.81. The lowest BCUT2D eigenvalue weighted by Gasteiger charge is -2.30. The summed E-state index contributed by atoms with van der Waals surface area (Å²) < 4.78 is 0. The Hall–Kier alpha value is -1.91. The van der Waals surface area contributed by atoms with Crippen molar-refractivity contribution in [2.75, 3.05) is 13.1 Å². The summed E-state index contributed by atoms with van der Waals surface area (Å²) in [6.45, 7) is 6.10. The Bertz CT molecular complexity index is 506. The molecule has 126 valence electrons. The third-order valence-corrected chi connectivity index (χ3v) is 4.74. The van der Waals surface area contributed by atoms with Gasteiger partial charge in [0.2, 0.25) is 11.8 Å². The monoisotopic (exact) mass is 317 g/mol. The average molecular weight is 317 g/mol. The third kappa shape index (κ3) is 4.78. The van der Waals surface area contributed by atoms with Gasteiger partial charge in [-0.3, -0.25) is 14.6 Å². The van der Waals surface area contributed by atoms with Gasteiger partial charge >= 0.3 is 0 Å². The van der Waals surface area contributed by atoms with Gasteiger partial charge < -0.3 is 10.2 Å². The molecule has 0 atom stereocenters. The molecule has 5 heteroatoms. The van der Waals surface area contributed by atoms with Crippen molar-refractivity contribution in [1.82, 2.24) is 15.2 Å². The van der Waals surface area contributed by atoms with E-state index in [1.165, 1.54) is 0 Å². The van der Waals surface area contributed by atoms with Crippen molar-refractivity contribution in [3.8, 4) is 0 Å². The number of hydrogen-bond donors (Lipinski definition) is 1. The van der Waals surface area contributed by atoms with Crippen LogP contribution >= 0.6 is 0 Å². The molecule has 1 N–H and O–H groups in total. The Kier molecular flexibility index (Phi) is 6.56. The zero-order valence-corrected chi connectivity index (χ0v) is 14.1. The summed E-state index contributed by atoms with van der Waals surface area (Å²) in [5, 5.41) is 3.00. The van der Waals surface area contributed by atoms with Crippen molar-refractivity contribution in [3.63, 3.8) is 0 Å². The molecule has 1 aliphatic carbocycles. The maximum absolute atomic E-state index is 12.4. The summed E-state index contributed by atoms with van der Waals surface area (Å²) in [7, 11) is 0. The van der Waals surface area contributed by atoms with Gasteiger partial charge in [0.05, 0.1) is 0 Å². The first-order valence-corrected chi connectivity index (χ1v) is 8.61. The van der Waals surface area contributed by atoms with Crippen LogP contribution in [0.25, 0.3) is 0 Å². The first-order valence-electron chi connectivity index (χ1n) is 8.61. The van der Waals surface area contributed by atoms with Crippen molar-refractivity contribution >= 4 is 11.8 Å². The fourth-order valence-corrected chi connectivity index (χ4v) is 3.23.